The molecule has 0 fully saturated rings. The summed E-state index contributed by atoms with van der Waals surface area (Å²) < 4.78 is 5.46. The minimum Gasteiger partial charge on any atom is -0.508 e. The van der Waals surface area contributed by atoms with Gasteiger partial charge in [0.25, 0.3) is 0 Å². The molecule has 0 bridgehead atoms. The number of aromatic hydroxyl groups is 1. The number of rotatable bonds is 15. The lowest BCUT2D eigenvalue weighted by Crippen LogP contribution is -2.54. The topological polar surface area (TPSA) is 108 Å². The van der Waals surface area contributed by atoms with Gasteiger partial charge in [-0.05, 0) is 83.6 Å². The molecule has 8 nitrogen and oxygen atoms in total. The van der Waals surface area contributed by atoms with Crippen LogP contribution in [0.1, 0.15) is 118 Å². The molecule has 8 heteroatoms. The number of hydrogen-bond acceptors (Lipinski definition) is 5. The maximum absolute atomic E-state index is 14.2. The van der Waals surface area contributed by atoms with E-state index in [0.29, 0.717) is 24.1 Å². The quantitative estimate of drug-likeness (QED) is 0.220. The molecule has 3 amide bonds. The number of phenolic OH excluding ortho intramolecular Hbond substituents is 1. The molecule has 2 atom stereocenters. The maximum Gasteiger partial charge on any atom is 0.408 e. The Hall–Kier alpha value is -2.77. The first-order valence-electron chi connectivity index (χ1n) is 14.6. The third-order valence-electron chi connectivity index (χ3n) is 6.26. The highest BCUT2D eigenvalue weighted by molar-refractivity contribution is 5.92. The van der Waals surface area contributed by atoms with Gasteiger partial charge in [0, 0.05) is 12.6 Å². The molecular weight excluding hydrogens is 494 g/mol. The van der Waals surface area contributed by atoms with Gasteiger partial charge in [-0.15, -0.1) is 0 Å². The van der Waals surface area contributed by atoms with E-state index in [1.165, 1.54) is 6.42 Å². The van der Waals surface area contributed by atoms with Gasteiger partial charge >= 0.3 is 6.09 Å². The zero-order valence-corrected chi connectivity index (χ0v) is 25.7. The number of nitrogens with one attached hydrogen (secondary N) is 2. The van der Waals surface area contributed by atoms with E-state index in [0.717, 1.165) is 32.1 Å². The first kappa shape index (κ1) is 34.3. The monoisotopic (exact) mass is 547 g/mol. The van der Waals surface area contributed by atoms with Gasteiger partial charge < -0.3 is 25.4 Å². The van der Waals surface area contributed by atoms with Crippen molar-refractivity contribution >= 4 is 17.9 Å². The van der Waals surface area contributed by atoms with Gasteiger partial charge in [-0.3, -0.25) is 9.59 Å². The zero-order chi connectivity index (χ0) is 29.8. The summed E-state index contributed by atoms with van der Waals surface area (Å²) in [4.78, 5) is 42.2. The van der Waals surface area contributed by atoms with Crippen LogP contribution < -0.4 is 10.6 Å². The van der Waals surface area contributed by atoms with Crippen molar-refractivity contribution in [2.24, 2.45) is 5.92 Å². The summed E-state index contributed by atoms with van der Waals surface area (Å²) in [5, 5.41) is 15.9. The molecule has 0 aromatic heterocycles. The van der Waals surface area contributed by atoms with Gasteiger partial charge in [0.15, 0.2) is 0 Å². The van der Waals surface area contributed by atoms with Gasteiger partial charge in [-0.1, -0.05) is 58.9 Å². The van der Waals surface area contributed by atoms with Gasteiger partial charge in [-0.2, -0.15) is 0 Å². The number of phenols is 1. The van der Waals surface area contributed by atoms with Gasteiger partial charge in [-0.25, -0.2) is 4.79 Å². The molecule has 1 aromatic carbocycles. The molecule has 0 saturated heterocycles. The Balaban J connectivity index is 3.48. The smallest absolute Gasteiger partial charge is 0.408 e. The van der Waals surface area contributed by atoms with Crippen molar-refractivity contribution < 1.29 is 24.2 Å². The third kappa shape index (κ3) is 12.8. The molecular formula is C31H53N3O5. The molecule has 222 valence electrons. The highest BCUT2D eigenvalue weighted by Crippen LogP contribution is 2.28. The third-order valence-corrected chi connectivity index (χ3v) is 6.26. The van der Waals surface area contributed by atoms with Crippen LogP contribution in [0.4, 0.5) is 4.79 Å². The first-order chi connectivity index (χ1) is 18.2. The predicted octanol–water partition coefficient (Wildman–Crippen LogP) is 6.39. The SMILES string of the molecule is CCCCCCCCN(C(=O)C(CC(C)C)NC(=O)OC(C)(C)C)C(C(=O)NC(C)C)c1ccc(O)c(C)c1. The van der Waals surface area contributed by atoms with E-state index in [1.54, 1.807) is 50.8 Å². The fraction of sp³-hybridized carbons (Fsp3) is 0.710. The number of ether oxygens (including phenoxy) is 1. The molecule has 2 unspecified atom stereocenters. The van der Waals surface area contributed by atoms with E-state index in [1.807, 2.05) is 27.7 Å². The Kier molecular flexibility index (Phi) is 14.4. The Labute approximate surface area is 236 Å². The van der Waals surface area contributed by atoms with E-state index in [2.05, 4.69) is 17.6 Å². The molecule has 0 saturated carbocycles. The number of aryl methyl sites for hydroxylation is 1. The van der Waals surface area contributed by atoms with Crippen LogP contribution in [0.25, 0.3) is 0 Å². The summed E-state index contributed by atoms with van der Waals surface area (Å²) in [7, 11) is 0. The van der Waals surface area contributed by atoms with Crippen LogP contribution in [0.5, 0.6) is 5.75 Å². The van der Waals surface area contributed by atoms with Crippen molar-refractivity contribution in [3.63, 3.8) is 0 Å². The van der Waals surface area contributed by atoms with Gasteiger partial charge in [0.1, 0.15) is 23.4 Å². The lowest BCUT2D eigenvalue weighted by molar-refractivity contribution is -0.143. The number of carbonyl (C=O) groups excluding carboxylic acids is 3. The van der Waals surface area contributed by atoms with E-state index < -0.39 is 23.8 Å². The molecule has 1 aromatic rings. The van der Waals surface area contributed by atoms with Crippen molar-refractivity contribution in [3.8, 4) is 5.75 Å². The predicted molar refractivity (Wildman–Crippen MR) is 157 cm³/mol. The summed E-state index contributed by atoms with van der Waals surface area (Å²) in [5.74, 6) is -0.378. The van der Waals surface area contributed by atoms with Crippen LogP contribution in [-0.4, -0.2) is 52.1 Å². The van der Waals surface area contributed by atoms with E-state index in [4.69, 9.17) is 4.74 Å². The molecule has 0 aliphatic rings. The van der Waals surface area contributed by atoms with Gasteiger partial charge in [0.2, 0.25) is 11.8 Å². The number of nitrogens with zero attached hydrogens (tertiary/aromatic N) is 1. The maximum atomic E-state index is 14.2. The second-order valence-electron chi connectivity index (χ2n) is 12.2. The Morgan fingerprint density at radius 2 is 1.59 bits per heavy atom. The van der Waals surface area contributed by atoms with E-state index >= 15 is 0 Å². The Morgan fingerprint density at radius 1 is 0.974 bits per heavy atom. The van der Waals surface area contributed by atoms with Crippen LogP contribution >= 0.6 is 0 Å². The summed E-state index contributed by atoms with van der Waals surface area (Å²) in [6, 6.07) is 3.10. The zero-order valence-electron chi connectivity index (χ0n) is 25.7. The molecule has 0 radical (unpaired) electrons. The van der Waals surface area contributed by atoms with E-state index in [9.17, 15) is 19.5 Å². The second-order valence-corrected chi connectivity index (χ2v) is 12.2. The summed E-state index contributed by atoms with van der Waals surface area (Å²) in [6.07, 6.45) is 5.92. The Bertz CT molecular complexity index is 923. The van der Waals surface area contributed by atoms with Crippen LogP contribution in [0.15, 0.2) is 18.2 Å². The first-order valence-corrected chi connectivity index (χ1v) is 14.6. The van der Waals surface area contributed by atoms with Crippen molar-refractivity contribution in [2.75, 3.05) is 6.54 Å². The normalized spacial score (nSPS) is 13.2. The summed E-state index contributed by atoms with van der Waals surface area (Å²) in [5.41, 5.74) is 0.521. The Morgan fingerprint density at radius 3 is 2.13 bits per heavy atom. The summed E-state index contributed by atoms with van der Waals surface area (Å²) in [6.45, 7) is 17.4. The molecule has 0 aliphatic heterocycles. The van der Waals surface area contributed by atoms with Crippen LogP contribution in [0.3, 0.4) is 0 Å². The fourth-order valence-electron chi connectivity index (χ4n) is 4.46. The number of hydrogen-bond donors (Lipinski definition) is 3. The van der Waals surface area contributed by atoms with Crippen molar-refractivity contribution in [1.29, 1.82) is 0 Å². The van der Waals surface area contributed by atoms with Crippen LogP contribution in [0, 0.1) is 12.8 Å². The fourth-order valence-corrected chi connectivity index (χ4v) is 4.46. The van der Waals surface area contributed by atoms with Gasteiger partial charge in [0.05, 0.1) is 0 Å². The number of unbranched alkanes of at least 4 members (excludes halogenated alkanes) is 5. The van der Waals surface area contributed by atoms with Crippen molar-refractivity contribution in [3.05, 3.63) is 29.3 Å². The average molecular weight is 548 g/mol. The number of alkyl carbamates (subject to hydrolysis) is 1. The lowest BCUT2D eigenvalue weighted by atomic mass is 9.97. The highest BCUT2D eigenvalue weighted by Gasteiger charge is 2.36. The van der Waals surface area contributed by atoms with Crippen LogP contribution in [0.2, 0.25) is 0 Å². The molecule has 3 N–H and O–H groups in total. The summed E-state index contributed by atoms with van der Waals surface area (Å²) >= 11 is 0. The highest BCUT2D eigenvalue weighted by atomic mass is 16.6. The van der Waals surface area contributed by atoms with Crippen molar-refractivity contribution in [2.45, 2.75) is 131 Å². The van der Waals surface area contributed by atoms with Crippen molar-refractivity contribution in [1.82, 2.24) is 15.5 Å². The van der Waals surface area contributed by atoms with Crippen LogP contribution in [-0.2, 0) is 14.3 Å². The number of carbonyl (C=O) groups is 3. The molecule has 0 spiro atoms. The van der Waals surface area contributed by atoms with E-state index in [-0.39, 0.29) is 29.5 Å². The minimum absolute atomic E-state index is 0.114. The molecule has 1 rings (SSSR count). The molecule has 0 aliphatic carbocycles. The molecule has 0 heterocycles. The minimum atomic E-state index is -0.912. The molecule has 39 heavy (non-hydrogen) atoms. The number of benzene rings is 1. The number of amides is 3. The second kappa shape index (κ2) is 16.4. The lowest BCUT2D eigenvalue weighted by Gasteiger charge is -2.35. The average Bonchev–Trinajstić information content (AvgIpc) is 2.79. The standard InChI is InChI=1S/C31H53N3O5/c1-10-11-12-13-14-15-18-34(29(37)25(19-21(2)3)33-30(38)39-31(7,8)9)27(28(36)32-22(4)5)24-16-17-26(35)23(6)20-24/h16-17,20-22,25,27,35H,10-15,18-19H2,1-9H3,(H,32,36)(H,33,38). The largest absolute Gasteiger partial charge is 0.508 e.